The number of hydrogen-bond donors (Lipinski definition) is 1. The van der Waals surface area contributed by atoms with Crippen molar-refractivity contribution in [2.24, 2.45) is 11.7 Å². The van der Waals surface area contributed by atoms with Gasteiger partial charge in [-0.3, -0.25) is 0 Å². The SMILES string of the molecule is CC1CCC(CN)CN1c1nncs1. The van der Waals surface area contributed by atoms with Gasteiger partial charge in [-0.25, -0.2) is 0 Å². The van der Waals surface area contributed by atoms with E-state index in [-0.39, 0.29) is 0 Å². The maximum Gasteiger partial charge on any atom is 0.208 e. The molecule has 0 bridgehead atoms. The molecule has 14 heavy (non-hydrogen) atoms. The quantitative estimate of drug-likeness (QED) is 0.797. The van der Waals surface area contributed by atoms with Crippen LogP contribution in [0, 0.1) is 5.92 Å². The highest BCUT2D eigenvalue weighted by atomic mass is 32.1. The predicted octanol–water partition coefficient (Wildman–Crippen LogP) is 1.10. The fourth-order valence-electron chi connectivity index (χ4n) is 1.93. The number of nitrogens with zero attached hydrogens (tertiary/aromatic N) is 3. The van der Waals surface area contributed by atoms with E-state index in [1.165, 1.54) is 12.8 Å². The summed E-state index contributed by atoms with van der Waals surface area (Å²) in [7, 11) is 0. The van der Waals surface area contributed by atoms with Crippen molar-refractivity contribution in [3.8, 4) is 0 Å². The van der Waals surface area contributed by atoms with Gasteiger partial charge in [0.25, 0.3) is 0 Å². The molecule has 4 nitrogen and oxygen atoms in total. The molecule has 0 saturated carbocycles. The van der Waals surface area contributed by atoms with Crippen molar-refractivity contribution < 1.29 is 0 Å². The summed E-state index contributed by atoms with van der Waals surface area (Å²) in [5.74, 6) is 0.620. The third kappa shape index (κ3) is 1.88. The highest BCUT2D eigenvalue weighted by molar-refractivity contribution is 7.13. The molecule has 78 valence electrons. The van der Waals surface area contributed by atoms with Gasteiger partial charge in [0.2, 0.25) is 5.13 Å². The number of piperidine rings is 1. The Labute approximate surface area is 88.1 Å². The van der Waals surface area contributed by atoms with Gasteiger partial charge in [-0.05, 0) is 32.2 Å². The van der Waals surface area contributed by atoms with Crippen molar-refractivity contribution in [3.05, 3.63) is 5.51 Å². The van der Waals surface area contributed by atoms with Crippen LogP contribution in [-0.2, 0) is 0 Å². The normalized spacial score (nSPS) is 28.0. The molecule has 1 aromatic rings. The molecule has 0 aliphatic carbocycles. The largest absolute Gasteiger partial charge is 0.344 e. The van der Waals surface area contributed by atoms with Crippen LogP contribution in [0.4, 0.5) is 5.13 Å². The summed E-state index contributed by atoms with van der Waals surface area (Å²) in [5, 5.41) is 9.03. The smallest absolute Gasteiger partial charge is 0.208 e. The third-order valence-corrected chi connectivity index (χ3v) is 3.63. The van der Waals surface area contributed by atoms with E-state index in [1.54, 1.807) is 16.8 Å². The molecular weight excluding hydrogens is 196 g/mol. The van der Waals surface area contributed by atoms with Gasteiger partial charge in [0, 0.05) is 12.6 Å². The first kappa shape index (κ1) is 9.86. The van der Waals surface area contributed by atoms with Gasteiger partial charge in [0.05, 0.1) is 0 Å². The van der Waals surface area contributed by atoms with Crippen LogP contribution in [0.1, 0.15) is 19.8 Å². The van der Waals surface area contributed by atoms with Crippen molar-refractivity contribution in [2.75, 3.05) is 18.0 Å². The molecule has 0 amide bonds. The lowest BCUT2D eigenvalue weighted by atomic mass is 9.94. The zero-order valence-corrected chi connectivity index (χ0v) is 9.20. The lowest BCUT2D eigenvalue weighted by molar-refractivity contribution is 0.373. The van der Waals surface area contributed by atoms with Crippen LogP contribution in [0.15, 0.2) is 5.51 Å². The van der Waals surface area contributed by atoms with Gasteiger partial charge in [-0.15, -0.1) is 10.2 Å². The predicted molar refractivity (Wildman–Crippen MR) is 58.5 cm³/mol. The molecule has 2 unspecified atom stereocenters. The van der Waals surface area contributed by atoms with Crippen molar-refractivity contribution in [3.63, 3.8) is 0 Å². The Kier molecular flexibility index (Phi) is 2.98. The maximum atomic E-state index is 5.71. The van der Waals surface area contributed by atoms with Crippen molar-refractivity contribution in [1.82, 2.24) is 10.2 Å². The number of nitrogens with two attached hydrogens (primary N) is 1. The Bertz CT molecular complexity index is 274. The summed E-state index contributed by atoms with van der Waals surface area (Å²) >= 11 is 1.61. The van der Waals surface area contributed by atoms with Crippen LogP contribution >= 0.6 is 11.3 Å². The molecule has 1 saturated heterocycles. The minimum Gasteiger partial charge on any atom is -0.344 e. The Morgan fingerprint density at radius 1 is 1.64 bits per heavy atom. The molecule has 0 spiro atoms. The second-order valence-electron chi connectivity index (χ2n) is 3.90. The highest BCUT2D eigenvalue weighted by Crippen LogP contribution is 2.27. The van der Waals surface area contributed by atoms with Crippen LogP contribution in [0.25, 0.3) is 0 Å². The molecule has 1 fully saturated rings. The van der Waals surface area contributed by atoms with Gasteiger partial charge in [0.15, 0.2) is 0 Å². The van der Waals surface area contributed by atoms with Crippen molar-refractivity contribution in [2.45, 2.75) is 25.8 Å². The second-order valence-corrected chi connectivity index (χ2v) is 4.71. The molecule has 2 rings (SSSR count). The van der Waals surface area contributed by atoms with E-state index in [2.05, 4.69) is 22.0 Å². The van der Waals surface area contributed by atoms with Crippen LogP contribution in [0.3, 0.4) is 0 Å². The van der Waals surface area contributed by atoms with Gasteiger partial charge in [0.1, 0.15) is 5.51 Å². The number of anilines is 1. The monoisotopic (exact) mass is 212 g/mol. The first-order chi connectivity index (χ1) is 6.81. The van der Waals surface area contributed by atoms with Gasteiger partial charge < -0.3 is 10.6 Å². The standard InChI is InChI=1S/C9H16N4S/c1-7-2-3-8(4-10)5-13(7)9-12-11-6-14-9/h6-8H,2-5,10H2,1H3. The molecule has 1 aromatic heterocycles. The van der Waals surface area contributed by atoms with Crippen LogP contribution in [-0.4, -0.2) is 29.3 Å². The molecule has 2 atom stereocenters. The summed E-state index contributed by atoms with van der Waals surface area (Å²) in [6, 6.07) is 0.575. The molecule has 2 heterocycles. The molecule has 0 radical (unpaired) electrons. The van der Waals surface area contributed by atoms with E-state index in [9.17, 15) is 0 Å². The zero-order valence-electron chi connectivity index (χ0n) is 8.39. The van der Waals surface area contributed by atoms with Gasteiger partial charge in [-0.1, -0.05) is 11.3 Å². The van der Waals surface area contributed by atoms with Crippen LogP contribution < -0.4 is 10.6 Å². The molecule has 5 heteroatoms. The molecule has 1 aliphatic rings. The lowest BCUT2D eigenvalue weighted by Gasteiger charge is -2.37. The summed E-state index contributed by atoms with van der Waals surface area (Å²) in [4.78, 5) is 2.33. The van der Waals surface area contributed by atoms with E-state index in [0.29, 0.717) is 12.0 Å². The van der Waals surface area contributed by atoms with Crippen LogP contribution in [0.2, 0.25) is 0 Å². The highest BCUT2D eigenvalue weighted by Gasteiger charge is 2.26. The maximum absolute atomic E-state index is 5.71. The van der Waals surface area contributed by atoms with E-state index in [1.807, 2.05) is 0 Å². The summed E-state index contributed by atoms with van der Waals surface area (Å²) in [5.41, 5.74) is 7.49. The fourth-order valence-corrected chi connectivity index (χ4v) is 2.61. The summed E-state index contributed by atoms with van der Waals surface area (Å²) < 4.78 is 0. The van der Waals surface area contributed by atoms with E-state index in [0.717, 1.165) is 18.2 Å². The topological polar surface area (TPSA) is 55.0 Å². The summed E-state index contributed by atoms with van der Waals surface area (Å²) in [6.45, 7) is 4.06. The van der Waals surface area contributed by atoms with Gasteiger partial charge >= 0.3 is 0 Å². The third-order valence-electron chi connectivity index (χ3n) is 2.91. The molecule has 1 aliphatic heterocycles. The Hall–Kier alpha value is -0.680. The fraction of sp³-hybridized carbons (Fsp3) is 0.778. The molecule has 2 N–H and O–H groups in total. The van der Waals surface area contributed by atoms with E-state index < -0.39 is 0 Å². The van der Waals surface area contributed by atoms with Crippen LogP contribution in [0.5, 0.6) is 0 Å². The number of aromatic nitrogens is 2. The Morgan fingerprint density at radius 2 is 2.50 bits per heavy atom. The average molecular weight is 212 g/mol. The first-order valence-corrected chi connectivity index (χ1v) is 5.92. The minimum atomic E-state index is 0.575. The summed E-state index contributed by atoms with van der Waals surface area (Å²) in [6.07, 6.45) is 2.45. The van der Waals surface area contributed by atoms with Crippen molar-refractivity contribution in [1.29, 1.82) is 0 Å². The first-order valence-electron chi connectivity index (χ1n) is 5.04. The van der Waals surface area contributed by atoms with E-state index in [4.69, 9.17) is 5.73 Å². The number of hydrogen-bond acceptors (Lipinski definition) is 5. The Balaban J connectivity index is 2.09. The molecule has 0 aromatic carbocycles. The number of rotatable bonds is 2. The second kappa shape index (κ2) is 4.23. The van der Waals surface area contributed by atoms with Crippen molar-refractivity contribution >= 4 is 16.5 Å². The van der Waals surface area contributed by atoms with Gasteiger partial charge in [-0.2, -0.15) is 0 Å². The molecular formula is C9H16N4S. The zero-order chi connectivity index (χ0) is 9.97. The average Bonchev–Trinajstić information content (AvgIpc) is 2.71. The minimum absolute atomic E-state index is 0.575. The Morgan fingerprint density at radius 3 is 3.14 bits per heavy atom. The lowest BCUT2D eigenvalue weighted by Crippen LogP contribution is -2.43. The van der Waals surface area contributed by atoms with E-state index >= 15 is 0 Å².